The Hall–Kier alpha value is -1.87. The molecule has 21 heavy (non-hydrogen) atoms. The van der Waals surface area contributed by atoms with Crippen LogP contribution < -0.4 is 10.5 Å². The highest BCUT2D eigenvalue weighted by molar-refractivity contribution is 5.36. The Kier molecular flexibility index (Phi) is 5.34. The molecule has 2 aromatic carbocycles. The zero-order chi connectivity index (χ0) is 15.2. The summed E-state index contributed by atoms with van der Waals surface area (Å²) in [5.74, 6) is 1.08. The lowest BCUT2D eigenvalue weighted by Crippen LogP contribution is -2.04. The molecule has 2 rings (SSSR count). The summed E-state index contributed by atoms with van der Waals surface area (Å²) in [5.41, 5.74) is 8.18. The summed E-state index contributed by atoms with van der Waals surface area (Å²) in [6.45, 7) is 4.96. The van der Waals surface area contributed by atoms with E-state index in [2.05, 4.69) is 19.9 Å². The lowest BCUT2D eigenvalue weighted by atomic mass is 9.98. The second kappa shape index (κ2) is 7.23. The Morgan fingerprint density at radius 2 is 1.95 bits per heavy atom. The van der Waals surface area contributed by atoms with Crippen LogP contribution in [0.25, 0.3) is 0 Å². The molecule has 0 bridgehead atoms. The summed E-state index contributed by atoms with van der Waals surface area (Å²) >= 11 is 0. The Bertz CT molecular complexity index is 598. The van der Waals surface area contributed by atoms with Crippen molar-refractivity contribution >= 4 is 0 Å². The molecule has 0 saturated carbocycles. The van der Waals surface area contributed by atoms with E-state index < -0.39 is 0 Å². The fourth-order valence-corrected chi connectivity index (χ4v) is 2.27. The molecule has 2 nitrogen and oxygen atoms in total. The van der Waals surface area contributed by atoms with Crippen molar-refractivity contribution in [2.45, 2.75) is 39.3 Å². The van der Waals surface area contributed by atoms with Crippen molar-refractivity contribution in [1.29, 1.82) is 0 Å². The number of hydrogen-bond donors (Lipinski definition) is 1. The molecule has 1 atom stereocenters. The van der Waals surface area contributed by atoms with Gasteiger partial charge < -0.3 is 10.5 Å². The summed E-state index contributed by atoms with van der Waals surface area (Å²) < 4.78 is 19.4. The molecule has 1 unspecified atom stereocenters. The topological polar surface area (TPSA) is 35.2 Å². The molecule has 0 aliphatic rings. The molecule has 0 aromatic heterocycles. The van der Waals surface area contributed by atoms with Crippen molar-refractivity contribution in [1.82, 2.24) is 0 Å². The monoisotopic (exact) mass is 287 g/mol. The fourth-order valence-electron chi connectivity index (χ4n) is 2.27. The lowest BCUT2D eigenvalue weighted by molar-refractivity contribution is 0.301. The molecule has 0 heterocycles. The van der Waals surface area contributed by atoms with Gasteiger partial charge in [-0.3, -0.25) is 0 Å². The second-order valence-corrected chi connectivity index (χ2v) is 5.27. The standard InChI is InChI=1S/C18H22FNO/c1-3-13(2)16-6-4-5-7-18(16)21-12-14-8-9-17(19)15(10-14)11-20/h4-10,13H,3,11-12,20H2,1-2H3. The SMILES string of the molecule is CCC(C)c1ccccc1OCc1ccc(F)c(CN)c1. The number of rotatable bonds is 6. The van der Waals surface area contributed by atoms with Crippen LogP contribution in [0, 0.1) is 5.82 Å². The van der Waals surface area contributed by atoms with Crippen LogP contribution >= 0.6 is 0 Å². The van der Waals surface area contributed by atoms with Crippen molar-refractivity contribution in [2.75, 3.05) is 0 Å². The van der Waals surface area contributed by atoms with Gasteiger partial charge in [0.15, 0.2) is 0 Å². The average Bonchev–Trinajstić information content (AvgIpc) is 2.53. The molecule has 2 aromatic rings. The van der Waals surface area contributed by atoms with E-state index in [0.29, 0.717) is 18.1 Å². The number of ether oxygens (including phenoxy) is 1. The normalized spacial score (nSPS) is 12.2. The summed E-state index contributed by atoms with van der Waals surface area (Å²) in [7, 11) is 0. The maximum absolute atomic E-state index is 13.4. The Balaban J connectivity index is 2.13. The van der Waals surface area contributed by atoms with E-state index in [1.54, 1.807) is 12.1 Å². The molecule has 3 heteroatoms. The van der Waals surface area contributed by atoms with Crippen LogP contribution in [-0.2, 0) is 13.2 Å². The molecule has 0 saturated heterocycles. The van der Waals surface area contributed by atoms with Crippen molar-refractivity contribution in [3.63, 3.8) is 0 Å². The third-order valence-corrected chi connectivity index (χ3v) is 3.79. The van der Waals surface area contributed by atoms with Gasteiger partial charge in [0.25, 0.3) is 0 Å². The van der Waals surface area contributed by atoms with E-state index in [9.17, 15) is 4.39 Å². The lowest BCUT2D eigenvalue weighted by Gasteiger charge is -2.16. The van der Waals surface area contributed by atoms with E-state index in [-0.39, 0.29) is 12.4 Å². The maximum Gasteiger partial charge on any atom is 0.127 e. The van der Waals surface area contributed by atoms with Crippen LogP contribution in [0.3, 0.4) is 0 Å². The van der Waals surface area contributed by atoms with Crippen LogP contribution in [0.1, 0.15) is 42.9 Å². The zero-order valence-electron chi connectivity index (χ0n) is 12.6. The van der Waals surface area contributed by atoms with Gasteiger partial charge in [0.2, 0.25) is 0 Å². The number of benzene rings is 2. The van der Waals surface area contributed by atoms with Crippen molar-refractivity contribution in [2.24, 2.45) is 5.73 Å². The first kappa shape index (κ1) is 15.5. The van der Waals surface area contributed by atoms with Crippen LogP contribution in [0.2, 0.25) is 0 Å². The first-order valence-corrected chi connectivity index (χ1v) is 7.34. The molecular formula is C18H22FNO. The Labute approximate surface area is 125 Å². The molecule has 0 radical (unpaired) electrons. The van der Waals surface area contributed by atoms with Gasteiger partial charge >= 0.3 is 0 Å². The Morgan fingerprint density at radius 1 is 1.19 bits per heavy atom. The van der Waals surface area contributed by atoms with Gasteiger partial charge in [0.1, 0.15) is 18.2 Å². The van der Waals surface area contributed by atoms with E-state index in [1.807, 2.05) is 18.2 Å². The third-order valence-electron chi connectivity index (χ3n) is 3.79. The minimum atomic E-state index is -0.263. The average molecular weight is 287 g/mol. The van der Waals surface area contributed by atoms with E-state index in [0.717, 1.165) is 17.7 Å². The first-order chi connectivity index (χ1) is 10.2. The number of para-hydroxylation sites is 1. The van der Waals surface area contributed by atoms with Crippen LogP contribution in [0.4, 0.5) is 4.39 Å². The summed E-state index contributed by atoms with van der Waals surface area (Å²) in [6, 6.07) is 13.0. The smallest absolute Gasteiger partial charge is 0.127 e. The van der Waals surface area contributed by atoms with Gasteiger partial charge in [-0.1, -0.05) is 38.1 Å². The molecule has 0 spiro atoms. The molecule has 0 aliphatic heterocycles. The molecule has 0 aliphatic carbocycles. The van der Waals surface area contributed by atoms with E-state index >= 15 is 0 Å². The number of halogens is 1. The van der Waals surface area contributed by atoms with E-state index in [1.165, 1.54) is 11.6 Å². The molecule has 0 amide bonds. The second-order valence-electron chi connectivity index (χ2n) is 5.27. The van der Waals surface area contributed by atoms with Gasteiger partial charge in [0, 0.05) is 12.1 Å². The quantitative estimate of drug-likeness (QED) is 0.856. The summed E-state index contributed by atoms with van der Waals surface area (Å²) in [4.78, 5) is 0. The van der Waals surface area contributed by atoms with E-state index in [4.69, 9.17) is 10.5 Å². The maximum atomic E-state index is 13.4. The van der Waals surface area contributed by atoms with Crippen LogP contribution in [0.5, 0.6) is 5.75 Å². The Morgan fingerprint density at radius 3 is 2.67 bits per heavy atom. The van der Waals surface area contributed by atoms with Gasteiger partial charge in [-0.15, -0.1) is 0 Å². The molecule has 2 N–H and O–H groups in total. The van der Waals surface area contributed by atoms with Crippen LogP contribution in [-0.4, -0.2) is 0 Å². The fraction of sp³-hybridized carbons (Fsp3) is 0.333. The van der Waals surface area contributed by atoms with Gasteiger partial charge in [0.05, 0.1) is 0 Å². The van der Waals surface area contributed by atoms with Crippen molar-refractivity contribution in [3.05, 3.63) is 65.0 Å². The molecule has 0 fully saturated rings. The van der Waals surface area contributed by atoms with Gasteiger partial charge in [-0.25, -0.2) is 4.39 Å². The van der Waals surface area contributed by atoms with Crippen LogP contribution in [0.15, 0.2) is 42.5 Å². The highest BCUT2D eigenvalue weighted by atomic mass is 19.1. The number of nitrogens with two attached hydrogens (primary N) is 1. The zero-order valence-corrected chi connectivity index (χ0v) is 12.6. The third kappa shape index (κ3) is 3.82. The predicted molar refractivity (Wildman–Crippen MR) is 83.8 cm³/mol. The highest BCUT2D eigenvalue weighted by Gasteiger charge is 2.10. The largest absolute Gasteiger partial charge is 0.489 e. The summed E-state index contributed by atoms with van der Waals surface area (Å²) in [6.07, 6.45) is 1.06. The minimum absolute atomic E-state index is 0.198. The minimum Gasteiger partial charge on any atom is -0.489 e. The van der Waals surface area contributed by atoms with Crippen molar-refractivity contribution < 1.29 is 9.13 Å². The highest BCUT2D eigenvalue weighted by Crippen LogP contribution is 2.29. The summed E-state index contributed by atoms with van der Waals surface area (Å²) in [5, 5.41) is 0. The van der Waals surface area contributed by atoms with Gasteiger partial charge in [-0.2, -0.15) is 0 Å². The molecule has 112 valence electrons. The van der Waals surface area contributed by atoms with Crippen molar-refractivity contribution in [3.8, 4) is 5.75 Å². The molecular weight excluding hydrogens is 265 g/mol. The predicted octanol–water partition coefficient (Wildman–Crippen LogP) is 4.38. The van der Waals surface area contributed by atoms with Gasteiger partial charge in [-0.05, 0) is 41.7 Å². The first-order valence-electron chi connectivity index (χ1n) is 7.34. The number of hydrogen-bond acceptors (Lipinski definition) is 2.